The van der Waals surface area contributed by atoms with E-state index in [1.807, 2.05) is 0 Å². The van der Waals surface area contributed by atoms with Gasteiger partial charge in [0.25, 0.3) is 0 Å². The van der Waals surface area contributed by atoms with Crippen LogP contribution in [0.3, 0.4) is 0 Å². The van der Waals surface area contributed by atoms with E-state index in [-0.39, 0.29) is 17.0 Å². The van der Waals surface area contributed by atoms with Gasteiger partial charge < -0.3 is 5.32 Å². The quantitative estimate of drug-likeness (QED) is 0.721. The van der Waals surface area contributed by atoms with Gasteiger partial charge in [-0.1, -0.05) is 29.8 Å². The summed E-state index contributed by atoms with van der Waals surface area (Å²) in [6.45, 7) is 2.09. The SMILES string of the molecule is Cc1ccc(C23CC4CC(CC(C(=O)Nc5ccc(F)cc5F)(C4)C2)C3)cc1. The second-order valence-electron chi connectivity index (χ2n) is 9.47. The number of rotatable bonds is 3. The van der Waals surface area contributed by atoms with Crippen LogP contribution in [0, 0.1) is 35.8 Å². The summed E-state index contributed by atoms with van der Waals surface area (Å²) in [4.78, 5) is 13.4. The molecule has 146 valence electrons. The number of anilines is 1. The number of amides is 1. The van der Waals surface area contributed by atoms with Crippen molar-refractivity contribution in [2.24, 2.45) is 17.3 Å². The Bertz CT molecular complexity index is 922. The molecule has 0 aromatic heterocycles. The fourth-order valence-electron chi connectivity index (χ4n) is 6.62. The van der Waals surface area contributed by atoms with Crippen molar-refractivity contribution in [2.75, 3.05) is 5.32 Å². The maximum atomic E-state index is 14.1. The highest BCUT2D eigenvalue weighted by atomic mass is 19.1. The number of hydrogen-bond acceptors (Lipinski definition) is 1. The van der Waals surface area contributed by atoms with Gasteiger partial charge in [0, 0.05) is 6.07 Å². The van der Waals surface area contributed by atoms with Crippen molar-refractivity contribution in [2.45, 2.75) is 50.9 Å². The minimum atomic E-state index is -0.716. The minimum absolute atomic E-state index is 0.0520. The normalized spacial score (nSPS) is 33.1. The van der Waals surface area contributed by atoms with Gasteiger partial charge in [-0.25, -0.2) is 8.78 Å². The van der Waals surface area contributed by atoms with Crippen molar-refractivity contribution < 1.29 is 13.6 Å². The molecule has 0 saturated heterocycles. The van der Waals surface area contributed by atoms with Crippen LogP contribution >= 0.6 is 0 Å². The average molecular weight is 381 g/mol. The molecule has 28 heavy (non-hydrogen) atoms. The zero-order chi connectivity index (χ0) is 19.5. The van der Waals surface area contributed by atoms with Crippen molar-refractivity contribution in [3.63, 3.8) is 0 Å². The van der Waals surface area contributed by atoms with Gasteiger partial charge in [-0.3, -0.25) is 4.79 Å². The van der Waals surface area contributed by atoms with Crippen LogP contribution in [0.15, 0.2) is 42.5 Å². The van der Waals surface area contributed by atoms with Crippen LogP contribution in [-0.4, -0.2) is 5.91 Å². The lowest BCUT2D eigenvalue weighted by atomic mass is 9.42. The lowest BCUT2D eigenvalue weighted by Crippen LogP contribution is -2.58. The summed E-state index contributed by atoms with van der Waals surface area (Å²) < 4.78 is 27.3. The Hall–Kier alpha value is -2.23. The van der Waals surface area contributed by atoms with Gasteiger partial charge in [-0.2, -0.15) is 0 Å². The molecular weight excluding hydrogens is 356 g/mol. The Kier molecular flexibility index (Phi) is 3.91. The van der Waals surface area contributed by atoms with Crippen LogP contribution in [0.25, 0.3) is 0 Å². The van der Waals surface area contributed by atoms with Crippen LogP contribution in [0.2, 0.25) is 0 Å². The minimum Gasteiger partial charge on any atom is -0.323 e. The molecule has 4 aliphatic carbocycles. The third-order valence-electron chi connectivity index (χ3n) is 7.39. The molecule has 2 atom stereocenters. The molecule has 6 rings (SSSR count). The van der Waals surface area contributed by atoms with Crippen molar-refractivity contribution in [3.8, 4) is 0 Å². The van der Waals surface area contributed by atoms with E-state index in [4.69, 9.17) is 0 Å². The highest BCUT2D eigenvalue weighted by Crippen LogP contribution is 2.66. The molecule has 0 aliphatic heterocycles. The standard InChI is InChI=1S/C24H25F2NO/c1-15-2-4-18(5-3-15)23-10-16-8-17(11-23)13-24(12-16,14-23)22(28)27-21-7-6-19(25)9-20(21)26/h2-7,9,16-17H,8,10-14H2,1H3,(H,27,28). The highest BCUT2D eigenvalue weighted by molar-refractivity contribution is 5.96. The molecule has 0 radical (unpaired) electrons. The molecule has 2 nitrogen and oxygen atoms in total. The summed E-state index contributed by atoms with van der Waals surface area (Å²) in [5, 5.41) is 2.79. The highest BCUT2D eigenvalue weighted by Gasteiger charge is 2.60. The van der Waals surface area contributed by atoms with E-state index in [0.717, 1.165) is 38.2 Å². The van der Waals surface area contributed by atoms with E-state index in [1.54, 1.807) is 0 Å². The number of benzene rings is 2. The summed E-state index contributed by atoms with van der Waals surface area (Å²) in [6, 6.07) is 12.1. The van der Waals surface area contributed by atoms with Gasteiger partial charge >= 0.3 is 0 Å². The van der Waals surface area contributed by atoms with Crippen molar-refractivity contribution in [1.82, 2.24) is 0 Å². The van der Waals surface area contributed by atoms with E-state index >= 15 is 0 Å². The first-order valence-electron chi connectivity index (χ1n) is 10.2. The van der Waals surface area contributed by atoms with E-state index in [2.05, 4.69) is 36.5 Å². The molecular formula is C24H25F2NO. The fraction of sp³-hybridized carbons (Fsp3) is 0.458. The molecule has 1 amide bonds. The first-order valence-corrected chi connectivity index (χ1v) is 10.2. The first kappa shape index (κ1) is 17.8. The number of carbonyl (C=O) groups is 1. The summed E-state index contributed by atoms with van der Waals surface area (Å²) in [6.07, 6.45) is 6.08. The van der Waals surface area contributed by atoms with Gasteiger partial charge in [0.2, 0.25) is 5.91 Å². The molecule has 4 saturated carbocycles. The summed E-state index contributed by atoms with van der Waals surface area (Å²) in [5.74, 6) is -0.351. The average Bonchev–Trinajstić information content (AvgIpc) is 2.63. The van der Waals surface area contributed by atoms with Crippen LogP contribution < -0.4 is 5.32 Å². The van der Waals surface area contributed by atoms with E-state index in [1.165, 1.54) is 29.7 Å². The fourth-order valence-corrected chi connectivity index (χ4v) is 6.62. The Labute approximate surface area is 164 Å². The number of aryl methyl sites for hydroxylation is 1. The topological polar surface area (TPSA) is 29.1 Å². The molecule has 0 heterocycles. The summed E-state index contributed by atoms with van der Waals surface area (Å²) in [5.41, 5.74) is 2.27. The first-order chi connectivity index (χ1) is 13.4. The molecule has 4 aliphatic rings. The Morgan fingerprint density at radius 1 is 1.00 bits per heavy atom. The number of halogens is 2. The number of nitrogens with one attached hydrogen (secondary N) is 1. The number of carbonyl (C=O) groups excluding carboxylic acids is 1. The Morgan fingerprint density at radius 2 is 1.68 bits per heavy atom. The van der Waals surface area contributed by atoms with Gasteiger partial charge in [-0.15, -0.1) is 0 Å². The van der Waals surface area contributed by atoms with Crippen LogP contribution in [0.5, 0.6) is 0 Å². The lowest BCUT2D eigenvalue weighted by Gasteiger charge is -2.61. The predicted octanol–water partition coefficient (Wildman–Crippen LogP) is 5.75. The van der Waals surface area contributed by atoms with Gasteiger partial charge in [0.05, 0.1) is 11.1 Å². The van der Waals surface area contributed by atoms with Crippen molar-refractivity contribution in [1.29, 1.82) is 0 Å². The summed E-state index contributed by atoms with van der Waals surface area (Å²) in [7, 11) is 0. The van der Waals surface area contributed by atoms with Crippen molar-refractivity contribution in [3.05, 3.63) is 65.2 Å². The lowest BCUT2D eigenvalue weighted by molar-refractivity contribution is -0.143. The second kappa shape index (κ2) is 6.13. The van der Waals surface area contributed by atoms with Gasteiger partial charge in [0.1, 0.15) is 11.6 Å². The zero-order valence-electron chi connectivity index (χ0n) is 16.1. The monoisotopic (exact) mass is 381 g/mol. The second-order valence-corrected chi connectivity index (χ2v) is 9.47. The Balaban J connectivity index is 1.47. The van der Waals surface area contributed by atoms with Crippen LogP contribution in [0.4, 0.5) is 14.5 Å². The molecule has 4 fully saturated rings. The third-order valence-corrected chi connectivity index (χ3v) is 7.39. The predicted molar refractivity (Wildman–Crippen MR) is 105 cm³/mol. The summed E-state index contributed by atoms with van der Waals surface area (Å²) >= 11 is 0. The van der Waals surface area contributed by atoms with Crippen molar-refractivity contribution >= 4 is 11.6 Å². The maximum Gasteiger partial charge on any atom is 0.230 e. The zero-order valence-corrected chi connectivity index (χ0v) is 16.1. The van der Waals surface area contributed by atoms with Crippen LogP contribution in [-0.2, 0) is 10.2 Å². The molecule has 0 spiro atoms. The smallest absolute Gasteiger partial charge is 0.230 e. The molecule has 2 aromatic carbocycles. The molecule has 4 bridgehead atoms. The van der Waals surface area contributed by atoms with E-state index in [9.17, 15) is 13.6 Å². The van der Waals surface area contributed by atoms with E-state index in [0.29, 0.717) is 11.8 Å². The van der Waals surface area contributed by atoms with Gasteiger partial charge in [-0.05, 0) is 80.4 Å². The maximum absolute atomic E-state index is 14.1. The Morgan fingerprint density at radius 3 is 2.32 bits per heavy atom. The van der Waals surface area contributed by atoms with E-state index < -0.39 is 17.0 Å². The largest absolute Gasteiger partial charge is 0.323 e. The molecule has 2 aromatic rings. The molecule has 1 N–H and O–H groups in total. The van der Waals surface area contributed by atoms with Gasteiger partial charge in [0.15, 0.2) is 0 Å². The van der Waals surface area contributed by atoms with Crippen LogP contribution in [0.1, 0.15) is 49.7 Å². The molecule has 4 heteroatoms. The third kappa shape index (κ3) is 2.76. The number of hydrogen-bond donors (Lipinski definition) is 1. The molecule has 2 unspecified atom stereocenters.